The molecule has 1 amide bonds. The molecule has 0 bridgehead atoms. The molecule has 2 heterocycles. The molecular formula is C17H22N4O2. The van der Waals surface area contributed by atoms with Gasteiger partial charge in [-0.15, -0.1) is 5.10 Å². The van der Waals surface area contributed by atoms with E-state index >= 15 is 0 Å². The molecule has 0 aliphatic carbocycles. The second kappa shape index (κ2) is 7.26. The molecule has 2 aromatic rings. The van der Waals surface area contributed by atoms with Gasteiger partial charge in [-0.25, -0.2) is 0 Å². The van der Waals surface area contributed by atoms with Crippen molar-refractivity contribution in [1.29, 1.82) is 0 Å². The Hall–Kier alpha value is -2.37. The fourth-order valence-electron chi connectivity index (χ4n) is 3.19. The van der Waals surface area contributed by atoms with Gasteiger partial charge in [0, 0.05) is 19.2 Å². The van der Waals surface area contributed by atoms with E-state index in [1.807, 2.05) is 35.4 Å². The van der Waals surface area contributed by atoms with Gasteiger partial charge >= 0.3 is 0 Å². The van der Waals surface area contributed by atoms with Crippen LogP contribution in [0.5, 0.6) is 5.75 Å². The zero-order valence-corrected chi connectivity index (χ0v) is 13.4. The molecule has 1 saturated heterocycles. The van der Waals surface area contributed by atoms with Gasteiger partial charge < -0.3 is 9.64 Å². The lowest BCUT2D eigenvalue weighted by atomic mass is 10.1. The fraction of sp³-hybridized carbons (Fsp3) is 0.471. The van der Waals surface area contributed by atoms with E-state index in [1.165, 1.54) is 0 Å². The molecule has 122 valence electrons. The minimum atomic E-state index is 0.207. The number of para-hydroxylation sites is 1. The second-order valence-electron chi connectivity index (χ2n) is 5.82. The van der Waals surface area contributed by atoms with Gasteiger partial charge in [-0.05, 0) is 30.9 Å². The van der Waals surface area contributed by atoms with Crippen molar-refractivity contribution in [1.82, 2.24) is 19.9 Å². The zero-order chi connectivity index (χ0) is 16.1. The number of amides is 1. The van der Waals surface area contributed by atoms with Crippen molar-refractivity contribution in [3.63, 3.8) is 0 Å². The normalized spacial score (nSPS) is 17.4. The first-order chi connectivity index (χ1) is 11.3. The van der Waals surface area contributed by atoms with Crippen molar-refractivity contribution in [2.45, 2.75) is 38.3 Å². The molecule has 1 aromatic carbocycles. The van der Waals surface area contributed by atoms with Crippen molar-refractivity contribution < 1.29 is 9.53 Å². The molecule has 0 saturated carbocycles. The average Bonchev–Trinajstić information content (AvgIpc) is 3.25. The van der Waals surface area contributed by atoms with Gasteiger partial charge in [0.05, 0.1) is 25.9 Å². The number of aryl methyl sites for hydroxylation is 1. The van der Waals surface area contributed by atoms with Crippen LogP contribution in [0.4, 0.5) is 0 Å². The van der Waals surface area contributed by atoms with Crippen molar-refractivity contribution in [2.75, 3.05) is 13.7 Å². The van der Waals surface area contributed by atoms with Gasteiger partial charge in [0.2, 0.25) is 5.91 Å². The Morgan fingerprint density at radius 2 is 2.26 bits per heavy atom. The molecule has 0 N–H and O–H groups in total. The monoisotopic (exact) mass is 314 g/mol. The zero-order valence-electron chi connectivity index (χ0n) is 13.4. The van der Waals surface area contributed by atoms with Crippen molar-refractivity contribution >= 4 is 5.91 Å². The number of benzene rings is 1. The summed E-state index contributed by atoms with van der Waals surface area (Å²) in [5.41, 5.74) is 1.08. The summed E-state index contributed by atoms with van der Waals surface area (Å²) in [5.74, 6) is 1.06. The summed E-state index contributed by atoms with van der Waals surface area (Å²) in [6.07, 6.45) is 6.81. The first-order valence-corrected chi connectivity index (χ1v) is 8.03. The number of hydrogen-bond donors (Lipinski definition) is 0. The highest BCUT2D eigenvalue weighted by Crippen LogP contribution is 2.22. The van der Waals surface area contributed by atoms with E-state index in [1.54, 1.807) is 18.0 Å². The first kappa shape index (κ1) is 15.5. The number of ether oxygens (including phenoxy) is 1. The highest BCUT2D eigenvalue weighted by molar-refractivity contribution is 5.77. The molecule has 6 heteroatoms. The molecule has 1 fully saturated rings. The summed E-state index contributed by atoms with van der Waals surface area (Å²) in [6, 6.07) is 8.10. The quantitative estimate of drug-likeness (QED) is 0.817. The molecule has 1 aliphatic rings. The summed E-state index contributed by atoms with van der Waals surface area (Å²) < 4.78 is 7.15. The lowest BCUT2D eigenvalue weighted by Gasteiger charge is -2.24. The first-order valence-electron chi connectivity index (χ1n) is 8.03. The van der Waals surface area contributed by atoms with E-state index in [0.717, 1.165) is 37.2 Å². The van der Waals surface area contributed by atoms with Crippen LogP contribution in [0.25, 0.3) is 0 Å². The molecule has 0 spiro atoms. The smallest absolute Gasteiger partial charge is 0.223 e. The van der Waals surface area contributed by atoms with Crippen LogP contribution < -0.4 is 4.74 Å². The standard InChI is InChI=1S/C17H22N4O2/c1-23-16-7-3-2-5-14(16)8-9-17(22)21-11-4-6-15(21)13-20-12-10-18-19-20/h2-3,5,7,10,12,15H,4,6,8-9,11,13H2,1H3/t15-/m0/s1. The van der Waals surface area contributed by atoms with Crippen LogP contribution in [0, 0.1) is 0 Å². The van der Waals surface area contributed by atoms with Gasteiger partial charge in [0.25, 0.3) is 0 Å². The van der Waals surface area contributed by atoms with Gasteiger partial charge in [-0.3, -0.25) is 9.48 Å². The molecular weight excluding hydrogens is 292 g/mol. The predicted octanol–water partition coefficient (Wildman–Crippen LogP) is 1.91. The van der Waals surface area contributed by atoms with Crippen LogP contribution in [0.15, 0.2) is 36.7 Å². The van der Waals surface area contributed by atoms with E-state index in [4.69, 9.17) is 4.74 Å². The van der Waals surface area contributed by atoms with Gasteiger partial charge in [0.1, 0.15) is 5.75 Å². The highest BCUT2D eigenvalue weighted by Gasteiger charge is 2.28. The summed E-state index contributed by atoms with van der Waals surface area (Å²) in [6.45, 7) is 1.56. The number of methoxy groups -OCH3 is 1. The maximum absolute atomic E-state index is 12.6. The molecule has 1 aromatic heterocycles. The van der Waals surface area contributed by atoms with Crippen LogP contribution in [0.3, 0.4) is 0 Å². The third-order valence-corrected chi connectivity index (χ3v) is 4.37. The fourth-order valence-corrected chi connectivity index (χ4v) is 3.19. The molecule has 0 unspecified atom stereocenters. The molecule has 0 radical (unpaired) electrons. The second-order valence-corrected chi connectivity index (χ2v) is 5.82. The third-order valence-electron chi connectivity index (χ3n) is 4.37. The average molecular weight is 314 g/mol. The van der Waals surface area contributed by atoms with E-state index < -0.39 is 0 Å². The summed E-state index contributed by atoms with van der Waals surface area (Å²) >= 11 is 0. The van der Waals surface area contributed by atoms with Crippen LogP contribution in [-0.4, -0.2) is 45.5 Å². The minimum absolute atomic E-state index is 0.207. The number of hydrogen-bond acceptors (Lipinski definition) is 4. The Morgan fingerprint density at radius 3 is 3.04 bits per heavy atom. The Labute approximate surface area is 136 Å². The van der Waals surface area contributed by atoms with E-state index in [-0.39, 0.29) is 11.9 Å². The number of aromatic nitrogens is 3. The Kier molecular flexibility index (Phi) is 4.90. The number of nitrogens with zero attached hydrogens (tertiary/aromatic N) is 4. The van der Waals surface area contributed by atoms with Crippen LogP contribution in [-0.2, 0) is 17.8 Å². The van der Waals surface area contributed by atoms with Crippen LogP contribution >= 0.6 is 0 Å². The lowest BCUT2D eigenvalue weighted by molar-refractivity contribution is -0.132. The van der Waals surface area contributed by atoms with Crippen LogP contribution in [0.2, 0.25) is 0 Å². The molecule has 1 aliphatic heterocycles. The third kappa shape index (κ3) is 3.70. The Balaban J connectivity index is 1.58. The lowest BCUT2D eigenvalue weighted by Crippen LogP contribution is -2.38. The van der Waals surface area contributed by atoms with Gasteiger partial charge in [0.15, 0.2) is 0 Å². The Bertz CT molecular complexity index is 642. The summed E-state index contributed by atoms with van der Waals surface area (Å²) in [7, 11) is 1.66. The van der Waals surface area contributed by atoms with Gasteiger partial charge in [-0.2, -0.15) is 0 Å². The topological polar surface area (TPSA) is 60.2 Å². The number of carbonyl (C=O) groups is 1. The highest BCUT2D eigenvalue weighted by atomic mass is 16.5. The van der Waals surface area contributed by atoms with E-state index in [9.17, 15) is 4.79 Å². The van der Waals surface area contributed by atoms with E-state index in [2.05, 4.69) is 10.3 Å². The van der Waals surface area contributed by atoms with Crippen molar-refractivity contribution in [2.24, 2.45) is 0 Å². The molecule has 1 atom stereocenters. The maximum atomic E-state index is 12.6. The molecule has 6 nitrogen and oxygen atoms in total. The molecule has 3 rings (SSSR count). The molecule has 23 heavy (non-hydrogen) atoms. The SMILES string of the molecule is COc1ccccc1CCC(=O)N1CCC[C@H]1Cn1ccnn1. The summed E-state index contributed by atoms with van der Waals surface area (Å²) in [5, 5.41) is 7.83. The minimum Gasteiger partial charge on any atom is -0.496 e. The summed E-state index contributed by atoms with van der Waals surface area (Å²) in [4.78, 5) is 14.6. The number of carbonyl (C=O) groups excluding carboxylic acids is 1. The number of rotatable bonds is 6. The predicted molar refractivity (Wildman–Crippen MR) is 86.1 cm³/mol. The van der Waals surface area contributed by atoms with Crippen molar-refractivity contribution in [3.8, 4) is 5.75 Å². The van der Waals surface area contributed by atoms with Gasteiger partial charge in [-0.1, -0.05) is 23.4 Å². The Morgan fingerprint density at radius 1 is 1.39 bits per heavy atom. The van der Waals surface area contributed by atoms with E-state index in [0.29, 0.717) is 12.8 Å². The number of likely N-dealkylation sites (tertiary alicyclic amines) is 1. The van der Waals surface area contributed by atoms with Crippen molar-refractivity contribution in [3.05, 3.63) is 42.2 Å². The largest absolute Gasteiger partial charge is 0.496 e. The maximum Gasteiger partial charge on any atom is 0.223 e. The van der Waals surface area contributed by atoms with Crippen LogP contribution in [0.1, 0.15) is 24.8 Å².